The van der Waals surface area contributed by atoms with Crippen molar-refractivity contribution < 1.29 is 14.3 Å². The van der Waals surface area contributed by atoms with Crippen LogP contribution in [0.15, 0.2) is 34.9 Å². The number of alkyl halides is 1. The highest BCUT2D eigenvalue weighted by Crippen LogP contribution is 2.40. The van der Waals surface area contributed by atoms with Gasteiger partial charge in [-0.25, -0.2) is 4.39 Å². The first-order valence-corrected chi connectivity index (χ1v) is 11.4. The van der Waals surface area contributed by atoms with Crippen LogP contribution in [0.1, 0.15) is 31.2 Å². The Morgan fingerprint density at radius 3 is 2.78 bits per heavy atom. The Morgan fingerprint density at radius 1 is 1.28 bits per heavy atom. The minimum atomic E-state index is -1.70. The largest absolute Gasteiger partial charge is 0.394 e. The second-order valence-electron chi connectivity index (χ2n) is 8.22. The van der Waals surface area contributed by atoms with Crippen LogP contribution < -0.4 is 15.5 Å². The summed E-state index contributed by atoms with van der Waals surface area (Å²) >= 11 is 3.49. The summed E-state index contributed by atoms with van der Waals surface area (Å²) in [6.07, 6.45) is 4.13. The lowest BCUT2D eigenvalue weighted by Crippen LogP contribution is -2.34. The third kappa shape index (κ3) is 4.02. The van der Waals surface area contributed by atoms with E-state index in [1.807, 2.05) is 17.0 Å². The van der Waals surface area contributed by atoms with Crippen molar-refractivity contribution >= 4 is 45.1 Å². The predicted molar refractivity (Wildman–Crippen MR) is 121 cm³/mol. The van der Waals surface area contributed by atoms with Gasteiger partial charge in [-0.3, -0.25) is 4.79 Å². The van der Waals surface area contributed by atoms with E-state index in [0.29, 0.717) is 29.8 Å². The molecule has 5 rings (SSSR count). The average molecular weight is 504 g/mol. The number of benzene rings is 1. The third-order valence-corrected chi connectivity index (χ3v) is 6.48. The van der Waals surface area contributed by atoms with E-state index in [2.05, 4.69) is 41.6 Å². The van der Waals surface area contributed by atoms with E-state index in [-0.39, 0.29) is 25.5 Å². The summed E-state index contributed by atoms with van der Waals surface area (Å²) in [5.41, 5.74) is 0.464. The Morgan fingerprint density at radius 2 is 2.06 bits per heavy atom. The normalized spacial score (nSPS) is 19.3. The minimum absolute atomic E-state index is 0.00819. The topological polar surface area (TPSA) is 108 Å². The molecular weight excluding hydrogens is 481 g/mol. The number of nitrogens with zero attached hydrogens (tertiary/aromatic N) is 5. The van der Waals surface area contributed by atoms with Crippen molar-refractivity contribution in [1.29, 1.82) is 0 Å². The van der Waals surface area contributed by atoms with Gasteiger partial charge in [0, 0.05) is 18.8 Å². The van der Waals surface area contributed by atoms with Gasteiger partial charge in [-0.05, 0) is 59.3 Å². The summed E-state index contributed by atoms with van der Waals surface area (Å²) in [6.45, 7) is 1.32. The van der Waals surface area contributed by atoms with E-state index in [1.54, 1.807) is 22.8 Å². The molecule has 168 valence electrons. The maximum atomic E-state index is 13.8. The summed E-state index contributed by atoms with van der Waals surface area (Å²) in [5, 5.41) is 20.0. The van der Waals surface area contributed by atoms with E-state index in [4.69, 9.17) is 0 Å². The maximum Gasteiger partial charge on any atom is 0.262 e. The molecule has 0 radical (unpaired) electrons. The molecule has 11 heteroatoms. The quantitative estimate of drug-likeness (QED) is 0.454. The lowest BCUT2D eigenvalue weighted by molar-refractivity contribution is -0.122. The van der Waals surface area contributed by atoms with Crippen molar-refractivity contribution in [2.24, 2.45) is 0 Å². The summed E-state index contributed by atoms with van der Waals surface area (Å²) in [6, 6.07) is 7.24. The van der Waals surface area contributed by atoms with E-state index in [1.165, 1.54) is 0 Å². The van der Waals surface area contributed by atoms with E-state index >= 15 is 0 Å². The lowest BCUT2D eigenvalue weighted by atomic mass is 10.2. The molecule has 0 bridgehead atoms. The number of carbonyl (C=O) groups is 1. The van der Waals surface area contributed by atoms with Crippen molar-refractivity contribution in [1.82, 2.24) is 19.6 Å². The van der Waals surface area contributed by atoms with Gasteiger partial charge in [0.15, 0.2) is 11.3 Å². The zero-order valence-electron chi connectivity index (χ0n) is 17.3. The molecule has 1 aliphatic heterocycles. The van der Waals surface area contributed by atoms with Crippen LogP contribution in [0.5, 0.6) is 0 Å². The second-order valence-corrected chi connectivity index (χ2v) is 9.07. The molecule has 1 atom stereocenters. The molecule has 32 heavy (non-hydrogen) atoms. The molecule has 2 aliphatic rings. The monoisotopic (exact) mass is 503 g/mol. The van der Waals surface area contributed by atoms with Gasteiger partial charge >= 0.3 is 0 Å². The first kappa shape index (κ1) is 21.1. The van der Waals surface area contributed by atoms with Crippen molar-refractivity contribution in [2.75, 3.05) is 28.7 Å². The van der Waals surface area contributed by atoms with Crippen molar-refractivity contribution in [2.45, 2.75) is 43.9 Å². The smallest absolute Gasteiger partial charge is 0.262 e. The number of aromatic nitrogens is 4. The number of carbonyl (C=O) groups excluding carboxylic acids is 1. The first-order valence-electron chi connectivity index (χ1n) is 10.6. The van der Waals surface area contributed by atoms with Crippen molar-refractivity contribution in [3.05, 3.63) is 40.5 Å². The van der Waals surface area contributed by atoms with Crippen LogP contribution in [0.2, 0.25) is 0 Å². The van der Waals surface area contributed by atoms with Gasteiger partial charge in [-0.2, -0.15) is 19.6 Å². The van der Waals surface area contributed by atoms with Crippen LogP contribution in [0.4, 0.5) is 22.0 Å². The van der Waals surface area contributed by atoms with Crippen LogP contribution in [0.3, 0.4) is 0 Å². The lowest BCUT2D eigenvalue weighted by Gasteiger charge is -2.23. The Hall–Kier alpha value is -2.79. The maximum absolute atomic E-state index is 13.8. The fourth-order valence-electron chi connectivity index (χ4n) is 3.84. The summed E-state index contributed by atoms with van der Waals surface area (Å²) < 4.78 is 16.2. The first-order chi connectivity index (χ1) is 15.5. The molecule has 1 amide bonds. The van der Waals surface area contributed by atoms with E-state index in [9.17, 15) is 14.3 Å². The van der Waals surface area contributed by atoms with Gasteiger partial charge in [-0.15, -0.1) is 0 Å². The van der Waals surface area contributed by atoms with Crippen LogP contribution in [0, 0.1) is 0 Å². The average Bonchev–Trinajstić information content (AvgIpc) is 3.21. The molecule has 9 nitrogen and oxygen atoms in total. The number of anilines is 3. The number of rotatable bonds is 7. The summed E-state index contributed by atoms with van der Waals surface area (Å²) in [4.78, 5) is 23.2. The van der Waals surface area contributed by atoms with Gasteiger partial charge in [0.25, 0.3) is 5.91 Å². The van der Waals surface area contributed by atoms with Gasteiger partial charge in [0.05, 0.1) is 23.3 Å². The molecule has 1 saturated heterocycles. The molecule has 0 spiro atoms. The fraction of sp³-hybridized carbons (Fsp3) is 0.429. The number of hydrogen-bond acceptors (Lipinski definition) is 7. The van der Waals surface area contributed by atoms with Gasteiger partial charge in [-0.1, -0.05) is 12.1 Å². The third-order valence-electron chi connectivity index (χ3n) is 5.92. The Balaban J connectivity index is 1.33. The van der Waals surface area contributed by atoms with Crippen LogP contribution in [-0.2, 0) is 11.3 Å². The number of nitrogens with one attached hydrogen (secondary N) is 2. The molecule has 3 heterocycles. The number of aliphatic hydroxyl groups excluding tert-OH is 1. The Bertz CT molecular complexity index is 1150. The fourth-order valence-corrected chi connectivity index (χ4v) is 4.19. The number of halogens is 2. The Kier molecular flexibility index (Phi) is 5.46. The van der Waals surface area contributed by atoms with Crippen LogP contribution in [-0.4, -0.2) is 55.5 Å². The zero-order chi connectivity index (χ0) is 22.3. The van der Waals surface area contributed by atoms with Crippen molar-refractivity contribution in [3.63, 3.8) is 0 Å². The van der Waals surface area contributed by atoms with Gasteiger partial charge < -0.3 is 20.6 Å². The van der Waals surface area contributed by atoms with E-state index < -0.39 is 11.6 Å². The molecule has 2 aromatic heterocycles. The number of hydrogen-bond donors (Lipinski definition) is 3. The molecular formula is C21H23BrFN7O2. The Labute approximate surface area is 192 Å². The number of amides is 1. The summed E-state index contributed by atoms with van der Waals surface area (Å²) in [5.74, 6) is 0.507. The number of fused-ring (bicyclic) bond motifs is 1. The predicted octanol–water partition coefficient (Wildman–Crippen LogP) is 2.90. The highest BCUT2D eigenvalue weighted by molar-refractivity contribution is 9.10. The van der Waals surface area contributed by atoms with Crippen molar-refractivity contribution in [3.8, 4) is 0 Å². The molecule has 2 fully saturated rings. The SMILES string of the molecule is O=C(Nc1ccc(CNc2nc(N3CCC[C@H]3CO)nc3c(Br)cnn23)cc1)C1(F)CC1. The molecule has 3 N–H and O–H groups in total. The standard InChI is InChI=1S/C21H23BrFN7O2/c22-16-11-25-30-17(16)27-20(29-9-1-2-15(29)12-31)28-19(30)24-10-13-3-5-14(6-4-13)26-18(32)21(23)7-8-21/h3-6,11,15,31H,1-2,7-10,12H2,(H,26,32)(H,24,27,28)/t15-/m0/s1. The molecule has 3 aromatic rings. The van der Waals surface area contributed by atoms with Crippen LogP contribution >= 0.6 is 15.9 Å². The highest BCUT2D eigenvalue weighted by atomic mass is 79.9. The molecule has 1 aliphatic carbocycles. The van der Waals surface area contributed by atoms with Gasteiger partial charge in [0.2, 0.25) is 11.9 Å². The highest BCUT2D eigenvalue weighted by Gasteiger charge is 2.50. The molecule has 1 saturated carbocycles. The number of aliphatic hydroxyl groups is 1. The van der Waals surface area contributed by atoms with E-state index in [0.717, 1.165) is 29.4 Å². The molecule has 0 unspecified atom stereocenters. The van der Waals surface area contributed by atoms with Crippen LogP contribution in [0.25, 0.3) is 5.65 Å². The van der Waals surface area contributed by atoms with Gasteiger partial charge in [0.1, 0.15) is 0 Å². The second kappa shape index (κ2) is 8.28. The molecule has 1 aromatic carbocycles. The summed E-state index contributed by atoms with van der Waals surface area (Å²) in [7, 11) is 0. The minimum Gasteiger partial charge on any atom is -0.394 e. The zero-order valence-corrected chi connectivity index (χ0v) is 18.8.